The number of piperidine rings is 1. The molecule has 1 aliphatic heterocycles. The molecule has 0 amide bonds. The number of likely N-dealkylation sites (tertiary alicyclic amines) is 1. The zero-order chi connectivity index (χ0) is 16.8. The van der Waals surface area contributed by atoms with Crippen LogP contribution in [0.3, 0.4) is 0 Å². The second kappa shape index (κ2) is 9.78. The number of nitrogens with zero attached hydrogens (tertiary/aromatic N) is 2. The van der Waals surface area contributed by atoms with Crippen molar-refractivity contribution in [1.29, 1.82) is 0 Å². The first-order valence-corrected chi connectivity index (χ1v) is 8.85. The fraction of sp³-hybridized carbons (Fsp3) is 0.450. The van der Waals surface area contributed by atoms with Crippen molar-refractivity contribution in [2.45, 2.75) is 26.2 Å². The Morgan fingerprint density at radius 3 is 2.48 bits per heavy atom. The van der Waals surface area contributed by atoms with Gasteiger partial charge in [-0.05, 0) is 55.0 Å². The molecular formula is C20H27BrN2O2. The summed E-state index contributed by atoms with van der Waals surface area (Å²) >= 11 is 0. The monoisotopic (exact) mass is 406 g/mol. The van der Waals surface area contributed by atoms with Gasteiger partial charge >= 0.3 is 0 Å². The van der Waals surface area contributed by atoms with Crippen LogP contribution >= 0.6 is 17.0 Å². The van der Waals surface area contributed by atoms with Crippen LogP contribution in [-0.4, -0.2) is 31.1 Å². The Balaban J connectivity index is 0.00000225. The highest BCUT2D eigenvalue weighted by Gasteiger charge is 2.15. The van der Waals surface area contributed by atoms with E-state index in [-0.39, 0.29) is 17.0 Å². The number of halogens is 1. The predicted molar refractivity (Wildman–Crippen MR) is 106 cm³/mol. The molecule has 1 aliphatic rings. The van der Waals surface area contributed by atoms with Crippen molar-refractivity contribution in [1.82, 2.24) is 4.90 Å². The second-order valence-electron chi connectivity index (χ2n) is 6.72. The van der Waals surface area contributed by atoms with E-state index in [4.69, 9.17) is 4.74 Å². The van der Waals surface area contributed by atoms with Crippen molar-refractivity contribution in [3.63, 3.8) is 0 Å². The topological polar surface area (TPSA) is 39.4 Å². The molecule has 1 atom stereocenters. The maximum Gasteiger partial charge on any atom is 0.180 e. The van der Waals surface area contributed by atoms with Crippen LogP contribution in [0.1, 0.15) is 26.2 Å². The predicted octanol–water partition coefficient (Wildman–Crippen LogP) is 4.07. The summed E-state index contributed by atoms with van der Waals surface area (Å²) in [7, 11) is 0. The smallest absolute Gasteiger partial charge is 0.180 e. The van der Waals surface area contributed by atoms with Crippen molar-refractivity contribution in [3.8, 4) is 16.9 Å². The Kier molecular flexibility index (Phi) is 7.72. The third kappa shape index (κ3) is 6.01. The van der Waals surface area contributed by atoms with Crippen molar-refractivity contribution in [3.05, 3.63) is 54.0 Å². The standard InChI is InChI=1S/C20H26N2O2.BrH/c1-17-4-2-11-21(16-17)12-3-15-24-20-7-5-18(6-8-20)19-9-13-22(23)14-10-19;/h5-10,13-14,17H,2-4,11-12,15-16H2,1H3;1H/t17-;/m0./s1. The van der Waals surface area contributed by atoms with Gasteiger partial charge in [0.25, 0.3) is 0 Å². The number of hydrogen-bond acceptors (Lipinski definition) is 3. The van der Waals surface area contributed by atoms with E-state index in [9.17, 15) is 5.21 Å². The molecule has 25 heavy (non-hydrogen) atoms. The first kappa shape index (κ1) is 19.7. The lowest BCUT2D eigenvalue weighted by Gasteiger charge is -2.30. The Labute approximate surface area is 160 Å². The van der Waals surface area contributed by atoms with Gasteiger partial charge in [0.1, 0.15) is 5.75 Å². The van der Waals surface area contributed by atoms with Gasteiger partial charge in [0.05, 0.1) is 6.61 Å². The molecule has 4 nitrogen and oxygen atoms in total. The number of benzene rings is 1. The SMILES string of the molecule is Br.C[C@H]1CCCN(CCCOc2ccc(-c3cc[n+]([O-])cc3)cc2)C1. The molecule has 2 heterocycles. The third-order valence-corrected chi connectivity index (χ3v) is 4.62. The molecule has 0 radical (unpaired) electrons. The number of aromatic nitrogens is 1. The summed E-state index contributed by atoms with van der Waals surface area (Å²) in [5, 5.41) is 11.1. The van der Waals surface area contributed by atoms with E-state index in [1.165, 1.54) is 38.3 Å². The molecular weight excluding hydrogens is 380 g/mol. The van der Waals surface area contributed by atoms with E-state index in [1.54, 1.807) is 0 Å². The Morgan fingerprint density at radius 2 is 1.80 bits per heavy atom. The number of pyridine rings is 1. The Bertz CT molecular complexity index is 631. The lowest BCUT2D eigenvalue weighted by Crippen LogP contribution is -2.35. The van der Waals surface area contributed by atoms with Crippen LogP contribution < -0.4 is 9.47 Å². The van der Waals surface area contributed by atoms with Crippen molar-refractivity contribution in [2.75, 3.05) is 26.2 Å². The second-order valence-corrected chi connectivity index (χ2v) is 6.72. The minimum atomic E-state index is 0. The van der Waals surface area contributed by atoms with Gasteiger partial charge in [0, 0.05) is 25.2 Å². The van der Waals surface area contributed by atoms with Gasteiger partial charge in [-0.1, -0.05) is 19.1 Å². The van der Waals surface area contributed by atoms with E-state index in [2.05, 4.69) is 11.8 Å². The molecule has 5 heteroatoms. The average Bonchev–Trinajstić information content (AvgIpc) is 2.60. The zero-order valence-corrected chi connectivity index (χ0v) is 16.5. The quantitative estimate of drug-likeness (QED) is 0.412. The minimum Gasteiger partial charge on any atom is -0.619 e. The van der Waals surface area contributed by atoms with Crippen LogP contribution in [0.5, 0.6) is 5.75 Å². The van der Waals surface area contributed by atoms with Crippen LogP contribution in [0.25, 0.3) is 11.1 Å². The third-order valence-electron chi connectivity index (χ3n) is 4.62. The molecule has 0 bridgehead atoms. The van der Waals surface area contributed by atoms with Crippen LogP contribution in [-0.2, 0) is 0 Å². The molecule has 2 aromatic rings. The Hall–Kier alpha value is -1.59. The molecule has 1 saturated heterocycles. The van der Waals surface area contributed by atoms with Crippen LogP contribution in [0.2, 0.25) is 0 Å². The summed E-state index contributed by atoms with van der Waals surface area (Å²) in [6, 6.07) is 11.7. The summed E-state index contributed by atoms with van der Waals surface area (Å²) in [4.78, 5) is 2.55. The van der Waals surface area contributed by atoms with E-state index in [0.29, 0.717) is 0 Å². The fourth-order valence-electron chi connectivity index (χ4n) is 3.32. The molecule has 0 aliphatic carbocycles. The van der Waals surface area contributed by atoms with E-state index >= 15 is 0 Å². The fourth-order valence-corrected chi connectivity index (χ4v) is 3.32. The van der Waals surface area contributed by atoms with E-state index < -0.39 is 0 Å². The number of rotatable bonds is 6. The van der Waals surface area contributed by atoms with Gasteiger partial charge in [0.2, 0.25) is 0 Å². The number of ether oxygens (including phenoxy) is 1. The van der Waals surface area contributed by atoms with Crippen molar-refractivity contribution >= 4 is 17.0 Å². The largest absolute Gasteiger partial charge is 0.619 e. The average molecular weight is 407 g/mol. The van der Waals surface area contributed by atoms with Gasteiger partial charge in [-0.3, -0.25) is 0 Å². The van der Waals surface area contributed by atoms with Crippen LogP contribution in [0, 0.1) is 11.1 Å². The molecule has 0 unspecified atom stereocenters. The van der Waals surface area contributed by atoms with Gasteiger partial charge in [-0.15, -0.1) is 17.0 Å². The highest BCUT2D eigenvalue weighted by atomic mass is 79.9. The summed E-state index contributed by atoms with van der Waals surface area (Å²) in [5.41, 5.74) is 2.12. The highest BCUT2D eigenvalue weighted by molar-refractivity contribution is 8.93. The first-order valence-electron chi connectivity index (χ1n) is 8.85. The zero-order valence-electron chi connectivity index (χ0n) is 14.8. The molecule has 0 saturated carbocycles. The maximum atomic E-state index is 11.1. The molecule has 0 spiro atoms. The summed E-state index contributed by atoms with van der Waals surface area (Å²) in [6.07, 6.45) is 6.80. The Morgan fingerprint density at radius 1 is 1.12 bits per heavy atom. The number of hydrogen-bond donors (Lipinski definition) is 0. The van der Waals surface area contributed by atoms with E-state index in [0.717, 1.165) is 47.1 Å². The van der Waals surface area contributed by atoms with Gasteiger partial charge in [-0.25, -0.2) is 0 Å². The highest BCUT2D eigenvalue weighted by Crippen LogP contribution is 2.21. The van der Waals surface area contributed by atoms with Gasteiger partial charge in [0.15, 0.2) is 12.4 Å². The minimum absolute atomic E-state index is 0. The summed E-state index contributed by atoms with van der Waals surface area (Å²) in [5.74, 6) is 1.74. The normalized spacial score (nSPS) is 17.7. The van der Waals surface area contributed by atoms with Crippen molar-refractivity contribution < 1.29 is 9.47 Å². The van der Waals surface area contributed by atoms with E-state index in [1.807, 2.05) is 36.4 Å². The maximum absolute atomic E-state index is 11.1. The van der Waals surface area contributed by atoms with Crippen molar-refractivity contribution in [2.24, 2.45) is 5.92 Å². The molecule has 1 aromatic carbocycles. The molecule has 0 N–H and O–H groups in total. The molecule has 1 fully saturated rings. The summed E-state index contributed by atoms with van der Waals surface area (Å²) < 4.78 is 6.65. The lowest BCUT2D eigenvalue weighted by atomic mass is 10.0. The first-order chi connectivity index (χ1) is 11.7. The molecule has 1 aromatic heterocycles. The molecule has 136 valence electrons. The van der Waals surface area contributed by atoms with Gasteiger partial charge < -0.3 is 14.8 Å². The molecule has 3 rings (SSSR count). The van der Waals surface area contributed by atoms with Gasteiger partial charge in [-0.2, -0.15) is 4.73 Å². The van der Waals surface area contributed by atoms with Crippen LogP contribution in [0.15, 0.2) is 48.8 Å². The lowest BCUT2D eigenvalue weighted by molar-refractivity contribution is -0.605. The van der Waals surface area contributed by atoms with Crippen LogP contribution in [0.4, 0.5) is 0 Å². The summed E-state index contributed by atoms with van der Waals surface area (Å²) in [6.45, 7) is 6.69.